The predicted molar refractivity (Wildman–Crippen MR) is 70.2 cm³/mol. The Morgan fingerprint density at radius 2 is 1.89 bits per heavy atom. The molecule has 5 heteroatoms. The second-order valence-electron chi connectivity index (χ2n) is 3.80. The number of methoxy groups -OCH3 is 1. The van der Waals surface area contributed by atoms with E-state index in [2.05, 4.69) is 0 Å². The van der Waals surface area contributed by atoms with E-state index in [9.17, 15) is 15.0 Å². The van der Waals surface area contributed by atoms with Crippen LogP contribution < -0.4 is 10.4 Å². The van der Waals surface area contributed by atoms with Crippen LogP contribution in [0.15, 0.2) is 39.5 Å². The number of benzene rings is 1. The summed E-state index contributed by atoms with van der Waals surface area (Å²) >= 11 is 0. The summed E-state index contributed by atoms with van der Waals surface area (Å²) in [5.74, 6) is 0.334. The van der Waals surface area contributed by atoms with Gasteiger partial charge in [0, 0.05) is 6.07 Å². The van der Waals surface area contributed by atoms with Crippen molar-refractivity contribution in [1.29, 1.82) is 0 Å². The molecule has 2 N–H and O–H groups in total. The molecule has 0 atom stereocenters. The first-order valence-electron chi connectivity index (χ1n) is 5.48. The zero-order valence-corrected chi connectivity index (χ0v) is 10.2. The first-order valence-corrected chi connectivity index (χ1v) is 5.48. The van der Waals surface area contributed by atoms with Gasteiger partial charge in [0.1, 0.15) is 11.5 Å². The SMILES string of the molecule is COc1cc(C=Cc2ccc(O)c(O)c2)oc(=O)c1. The molecule has 2 rings (SSSR count). The van der Waals surface area contributed by atoms with Crippen LogP contribution in [0.25, 0.3) is 12.2 Å². The molecule has 1 aromatic carbocycles. The third-order valence-corrected chi connectivity index (χ3v) is 2.44. The molecule has 0 unspecified atom stereocenters. The van der Waals surface area contributed by atoms with Crippen molar-refractivity contribution >= 4 is 12.2 Å². The third kappa shape index (κ3) is 3.16. The number of hydrogen-bond acceptors (Lipinski definition) is 5. The standard InChI is InChI=1S/C14H12O5/c1-18-11-7-10(19-14(17)8-11)4-2-9-3-5-12(15)13(16)6-9/h2-8,15-16H,1H3. The Morgan fingerprint density at radius 3 is 2.58 bits per heavy atom. The summed E-state index contributed by atoms with van der Waals surface area (Å²) in [6.45, 7) is 0. The average molecular weight is 260 g/mol. The number of phenolic OH excluding ortho intramolecular Hbond substituents is 2. The van der Waals surface area contributed by atoms with E-state index < -0.39 is 5.63 Å². The summed E-state index contributed by atoms with van der Waals surface area (Å²) in [4.78, 5) is 11.2. The highest BCUT2D eigenvalue weighted by molar-refractivity contribution is 5.69. The van der Waals surface area contributed by atoms with E-state index in [0.29, 0.717) is 17.1 Å². The molecule has 0 aliphatic heterocycles. The lowest BCUT2D eigenvalue weighted by molar-refractivity contribution is 0.400. The Kier molecular flexibility index (Phi) is 3.56. The minimum atomic E-state index is -0.507. The topological polar surface area (TPSA) is 79.9 Å². The van der Waals surface area contributed by atoms with Crippen LogP contribution in [0.5, 0.6) is 17.2 Å². The summed E-state index contributed by atoms with van der Waals surface area (Å²) in [6, 6.07) is 7.19. The monoisotopic (exact) mass is 260 g/mol. The van der Waals surface area contributed by atoms with Crippen molar-refractivity contribution in [3.63, 3.8) is 0 Å². The van der Waals surface area contributed by atoms with Gasteiger partial charge in [0.05, 0.1) is 13.2 Å². The molecule has 1 heterocycles. The van der Waals surface area contributed by atoms with Gasteiger partial charge in [0.25, 0.3) is 0 Å². The lowest BCUT2D eigenvalue weighted by Gasteiger charge is -2.00. The smallest absolute Gasteiger partial charge is 0.339 e. The molecule has 0 bridgehead atoms. The zero-order chi connectivity index (χ0) is 13.8. The van der Waals surface area contributed by atoms with Crippen molar-refractivity contribution in [2.45, 2.75) is 0 Å². The molecule has 0 aliphatic carbocycles. The molecular weight excluding hydrogens is 248 g/mol. The first-order chi connectivity index (χ1) is 9.08. The second kappa shape index (κ2) is 5.30. The van der Waals surface area contributed by atoms with E-state index in [1.165, 1.54) is 25.3 Å². The Bertz CT molecular complexity index is 670. The van der Waals surface area contributed by atoms with Crippen LogP contribution in [-0.4, -0.2) is 17.3 Å². The van der Waals surface area contributed by atoms with Gasteiger partial charge >= 0.3 is 5.63 Å². The number of hydrogen-bond donors (Lipinski definition) is 2. The summed E-state index contributed by atoms with van der Waals surface area (Å²) in [5, 5.41) is 18.5. The molecule has 0 radical (unpaired) electrons. The number of aromatic hydroxyl groups is 2. The Balaban J connectivity index is 2.29. The largest absolute Gasteiger partial charge is 0.504 e. The zero-order valence-electron chi connectivity index (χ0n) is 10.2. The van der Waals surface area contributed by atoms with Crippen LogP contribution in [0.4, 0.5) is 0 Å². The van der Waals surface area contributed by atoms with Gasteiger partial charge in [0.2, 0.25) is 0 Å². The van der Waals surface area contributed by atoms with Gasteiger partial charge < -0.3 is 19.4 Å². The fourth-order valence-corrected chi connectivity index (χ4v) is 1.50. The molecule has 0 saturated heterocycles. The van der Waals surface area contributed by atoms with E-state index in [1.807, 2.05) is 0 Å². The highest BCUT2D eigenvalue weighted by Crippen LogP contribution is 2.25. The van der Waals surface area contributed by atoms with Crippen LogP contribution in [0, 0.1) is 0 Å². The Morgan fingerprint density at radius 1 is 1.11 bits per heavy atom. The first kappa shape index (κ1) is 12.8. The summed E-state index contributed by atoms with van der Waals surface area (Å²) < 4.78 is 9.92. The molecule has 0 spiro atoms. The van der Waals surface area contributed by atoms with Crippen LogP contribution in [0.2, 0.25) is 0 Å². The molecule has 5 nitrogen and oxygen atoms in total. The maximum Gasteiger partial charge on any atom is 0.339 e. The van der Waals surface area contributed by atoms with Crippen molar-refractivity contribution in [3.05, 3.63) is 52.1 Å². The van der Waals surface area contributed by atoms with E-state index in [-0.39, 0.29) is 11.5 Å². The number of phenols is 2. The lowest BCUT2D eigenvalue weighted by Crippen LogP contribution is -1.98. The minimum Gasteiger partial charge on any atom is -0.504 e. The highest BCUT2D eigenvalue weighted by Gasteiger charge is 2.00. The number of rotatable bonds is 3. The molecule has 19 heavy (non-hydrogen) atoms. The Labute approximate surface area is 109 Å². The van der Waals surface area contributed by atoms with E-state index >= 15 is 0 Å². The highest BCUT2D eigenvalue weighted by atomic mass is 16.5. The molecule has 0 fully saturated rings. The summed E-state index contributed by atoms with van der Waals surface area (Å²) in [5.41, 5.74) is 0.147. The molecule has 0 saturated carbocycles. The Hall–Kier alpha value is -2.69. The van der Waals surface area contributed by atoms with Gasteiger partial charge in [-0.2, -0.15) is 0 Å². The quantitative estimate of drug-likeness (QED) is 0.827. The molecule has 0 aliphatic rings. The fraction of sp³-hybridized carbons (Fsp3) is 0.0714. The summed E-state index contributed by atoms with van der Waals surface area (Å²) in [7, 11) is 1.46. The maximum atomic E-state index is 11.2. The average Bonchev–Trinajstić information content (AvgIpc) is 2.39. The van der Waals surface area contributed by atoms with Crippen molar-refractivity contribution in [2.24, 2.45) is 0 Å². The maximum absolute atomic E-state index is 11.2. The van der Waals surface area contributed by atoms with Crippen LogP contribution >= 0.6 is 0 Å². The normalized spacial score (nSPS) is 10.8. The van der Waals surface area contributed by atoms with Crippen molar-refractivity contribution < 1.29 is 19.4 Å². The van der Waals surface area contributed by atoms with E-state index in [1.54, 1.807) is 24.3 Å². The third-order valence-electron chi connectivity index (χ3n) is 2.44. The molecule has 0 amide bonds. The minimum absolute atomic E-state index is 0.190. The predicted octanol–water partition coefficient (Wildman–Crippen LogP) is 2.23. The van der Waals surface area contributed by atoms with Crippen molar-refractivity contribution in [2.75, 3.05) is 7.11 Å². The molecule has 1 aromatic heterocycles. The van der Waals surface area contributed by atoms with Crippen molar-refractivity contribution in [1.82, 2.24) is 0 Å². The van der Waals surface area contributed by atoms with Crippen LogP contribution in [0.1, 0.15) is 11.3 Å². The van der Waals surface area contributed by atoms with Gasteiger partial charge in [-0.3, -0.25) is 0 Å². The van der Waals surface area contributed by atoms with E-state index in [4.69, 9.17) is 9.15 Å². The lowest BCUT2D eigenvalue weighted by atomic mass is 10.2. The van der Waals surface area contributed by atoms with Crippen molar-refractivity contribution in [3.8, 4) is 17.2 Å². The fourth-order valence-electron chi connectivity index (χ4n) is 1.50. The molecule has 98 valence electrons. The summed E-state index contributed by atoms with van der Waals surface area (Å²) in [6.07, 6.45) is 3.20. The van der Waals surface area contributed by atoms with Gasteiger partial charge in [-0.05, 0) is 23.8 Å². The molecule has 2 aromatic rings. The van der Waals surface area contributed by atoms with Gasteiger partial charge in [-0.1, -0.05) is 12.1 Å². The van der Waals surface area contributed by atoms with E-state index in [0.717, 1.165) is 0 Å². The number of ether oxygens (including phenoxy) is 1. The van der Waals surface area contributed by atoms with Crippen LogP contribution in [0.3, 0.4) is 0 Å². The van der Waals surface area contributed by atoms with Gasteiger partial charge in [-0.15, -0.1) is 0 Å². The van der Waals surface area contributed by atoms with Gasteiger partial charge in [-0.25, -0.2) is 4.79 Å². The van der Waals surface area contributed by atoms with Crippen LogP contribution in [-0.2, 0) is 0 Å². The second-order valence-corrected chi connectivity index (χ2v) is 3.80. The molecular formula is C14H12O5. The van der Waals surface area contributed by atoms with Gasteiger partial charge in [0.15, 0.2) is 11.5 Å².